The van der Waals surface area contributed by atoms with Crippen molar-refractivity contribution in [2.24, 2.45) is 0 Å². The van der Waals surface area contributed by atoms with E-state index in [1.54, 1.807) is 23.8 Å². The Labute approximate surface area is 156 Å². The summed E-state index contributed by atoms with van der Waals surface area (Å²) in [6, 6.07) is 23.4. The van der Waals surface area contributed by atoms with Gasteiger partial charge in [-0.25, -0.2) is 4.79 Å². The largest absolute Gasteiger partial charge is 0.496 e. The van der Waals surface area contributed by atoms with Crippen LogP contribution in [-0.4, -0.2) is 13.1 Å². The van der Waals surface area contributed by atoms with E-state index < -0.39 is 0 Å². The zero-order valence-electron chi connectivity index (χ0n) is 14.3. The van der Waals surface area contributed by atoms with E-state index in [0.29, 0.717) is 6.54 Å². The summed E-state index contributed by atoms with van der Waals surface area (Å²) in [4.78, 5) is 16.9. The predicted octanol–water partition coefficient (Wildman–Crippen LogP) is 5.21. The quantitative estimate of drug-likeness (QED) is 0.695. The van der Waals surface area contributed by atoms with Gasteiger partial charge in [0.1, 0.15) is 5.75 Å². The number of hydrogen-bond donors (Lipinski definition) is 1. The van der Waals surface area contributed by atoms with Gasteiger partial charge in [0.05, 0.1) is 18.5 Å². The van der Waals surface area contributed by atoms with Gasteiger partial charge in [-0.05, 0) is 30.3 Å². The van der Waals surface area contributed by atoms with E-state index in [2.05, 4.69) is 5.32 Å². The summed E-state index contributed by atoms with van der Waals surface area (Å²) in [6.45, 7) is 0.400. The molecule has 4 rings (SSSR count). The molecule has 26 heavy (non-hydrogen) atoms. The molecule has 130 valence electrons. The predicted molar refractivity (Wildman–Crippen MR) is 104 cm³/mol. The van der Waals surface area contributed by atoms with Crippen molar-refractivity contribution in [1.29, 1.82) is 0 Å². The monoisotopic (exact) mass is 362 g/mol. The molecular weight excluding hydrogens is 344 g/mol. The number of urea groups is 1. The lowest BCUT2D eigenvalue weighted by atomic mass is 10.2. The molecule has 0 saturated heterocycles. The molecule has 3 aromatic carbocycles. The minimum atomic E-state index is -0.156. The molecule has 0 aromatic heterocycles. The van der Waals surface area contributed by atoms with Crippen molar-refractivity contribution in [1.82, 2.24) is 5.32 Å². The fraction of sp³-hybridized carbons (Fsp3) is 0.0952. The lowest BCUT2D eigenvalue weighted by Crippen LogP contribution is -2.37. The van der Waals surface area contributed by atoms with E-state index in [0.717, 1.165) is 32.5 Å². The van der Waals surface area contributed by atoms with Gasteiger partial charge in [0.15, 0.2) is 0 Å². The number of carbonyl (C=O) groups excluding carboxylic acids is 1. The second kappa shape index (κ2) is 7.14. The maximum atomic E-state index is 13.1. The van der Waals surface area contributed by atoms with Gasteiger partial charge < -0.3 is 10.1 Å². The summed E-state index contributed by atoms with van der Waals surface area (Å²) in [5.74, 6) is 0.766. The smallest absolute Gasteiger partial charge is 0.326 e. The molecule has 1 aliphatic rings. The molecule has 2 amide bonds. The number of fused-ring (bicyclic) bond motifs is 2. The molecule has 0 aliphatic carbocycles. The molecule has 0 saturated carbocycles. The van der Waals surface area contributed by atoms with Gasteiger partial charge >= 0.3 is 6.03 Å². The van der Waals surface area contributed by atoms with Gasteiger partial charge in [-0.1, -0.05) is 54.2 Å². The highest BCUT2D eigenvalue weighted by atomic mass is 32.2. The topological polar surface area (TPSA) is 41.6 Å². The third-order valence-corrected chi connectivity index (χ3v) is 5.39. The number of nitrogens with one attached hydrogen (secondary N) is 1. The number of hydrogen-bond acceptors (Lipinski definition) is 3. The molecule has 1 heterocycles. The molecule has 0 atom stereocenters. The Morgan fingerprint density at radius 1 is 0.923 bits per heavy atom. The second-order valence-electron chi connectivity index (χ2n) is 5.84. The summed E-state index contributed by atoms with van der Waals surface area (Å²) in [7, 11) is 1.63. The van der Waals surface area contributed by atoms with Crippen LogP contribution in [0.2, 0.25) is 0 Å². The molecule has 1 aliphatic heterocycles. The number of ether oxygens (including phenoxy) is 1. The van der Waals surface area contributed by atoms with E-state index in [4.69, 9.17) is 4.74 Å². The van der Waals surface area contributed by atoms with Crippen LogP contribution in [0.4, 0.5) is 16.2 Å². The average Bonchev–Trinajstić information content (AvgIpc) is 2.70. The number of methoxy groups -OCH3 is 1. The third-order valence-electron chi connectivity index (χ3n) is 4.26. The van der Waals surface area contributed by atoms with Crippen molar-refractivity contribution in [3.05, 3.63) is 78.4 Å². The lowest BCUT2D eigenvalue weighted by Gasteiger charge is -2.31. The molecule has 0 spiro atoms. The van der Waals surface area contributed by atoms with Crippen molar-refractivity contribution in [2.75, 3.05) is 12.0 Å². The molecule has 1 N–H and O–H groups in total. The first-order chi connectivity index (χ1) is 12.8. The van der Waals surface area contributed by atoms with E-state index in [1.165, 1.54) is 0 Å². The summed E-state index contributed by atoms with van der Waals surface area (Å²) in [6.07, 6.45) is 0. The molecule has 0 radical (unpaired) electrons. The van der Waals surface area contributed by atoms with Crippen molar-refractivity contribution < 1.29 is 9.53 Å². The summed E-state index contributed by atoms with van der Waals surface area (Å²) in [5, 5.41) is 3.02. The molecule has 0 bridgehead atoms. The Morgan fingerprint density at radius 3 is 2.15 bits per heavy atom. The maximum absolute atomic E-state index is 13.1. The zero-order valence-corrected chi connectivity index (χ0v) is 15.1. The molecular formula is C21H18N2O2S. The number of rotatable bonds is 3. The minimum absolute atomic E-state index is 0.156. The molecule has 3 aromatic rings. The summed E-state index contributed by atoms with van der Waals surface area (Å²) < 4.78 is 5.37. The first-order valence-electron chi connectivity index (χ1n) is 8.33. The lowest BCUT2D eigenvalue weighted by molar-refractivity contribution is 0.248. The van der Waals surface area contributed by atoms with Crippen molar-refractivity contribution in [3.8, 4) is 5.75 Å². The Hall–Kier alpha value is -2.92. The highest BCUT2D eigenvalue weighted by molar-refractivity contribution is 7.99. The van der Waals surface area contributed by atoms with Crippen LogP contribution in [0.25, 0.3) is 0 Å². The Kier molecular flexibility index (Phi) is 4.54. The SMILES string of the molecule is COc1ccccc1CNC(=O)N1c2ccccc2Sc2ccccc21. The zero-order chi connectivity index (χ0) is 17.9. The van der Waals surface area contributed by atoms with Gasteiger partial charge in [-0.3, -0.25) is 4.90 Å². The number of amides is 2. The summed E-state index contributed by atoms with van der Waals surface area (Å²) >= 11 is 1.68. The van der Waals surface area contributed by atoms with Gasteiger partial charge in [0, 0.05) is 21.9 Å². The normalized spacial score (nSPS) is 12.1. The highest BCUT2D eigenvalue weighted by Gasteiger charge is 2.27. The fourth-order valence-corrected chi connectivity index (χ4v) is 4.08. The van der Waals surface area contributed by atoms with E-state index >= 15 is 0 Å². The number of nitrogens with zero attached hydrogens (tertiary/aromatic N) is 1. The highest BCUT2D eigenvalue weighted by Crippen LogP contribution is 2.47. The number of anilines is 2. The standard InChI is InChI=1S/C21H18N2O2S/c1-25-18-11-5-2-8-15(18)14-22-21(24)23-16-9-3-6-12-19(16)26-20-13-7-4-10-17(20)23/h2-13H,14H2,1H3,(H,22,24). The molecule has 4 nitrogen and oxygen atoms in total. The van der Waals surface area contributed by atoms with Crippen LogP contribution in [0.5, 0.6) is 5.75 Å². The number of para-hydroxylation sites is 3. The Balaban J connectivity index is 1.64. The maximum Gasteiger partial charge on any atom is 0.326 e. The van der Waals surface area contributed by atoms with Gasteiger partial charge in [-0.15, -0.1) is 0 Å². The van der Waals surface area contributed by atoms with Gasteiger partial charge in [0.2, 0.25) is 0 Å². The van der Waals surface area contributed by atoms with E-state index in [1.807, 2.05) is 72.8 Å². The second-order valence-corrected chi connectivity index (χ2v) is 6.93. The first-order valence-corrected chi connectivity index (χ1v) is 9.15. The number of carbonyl (C=O) groups is 1. The van der Waals surface area contributed by atoms with Crippen LogP contribution in [0.15, 0.2) is 82.6 Å². The third kappa shape index (κ3) is 3.02. The number of benzene rings is 3. The molecule has 0 unspecified atom stereocenters. The van der Waals surface area contributed by atoms with Crippen molar-refractivity contribution in [3.63, 3.8) is 0 Å². The fourth-order valence-electron chi connectivity index (χ4n) is 3.02. The van der Waals surface area contributed by atoms with Crippen LogP contribution in [0.1, 0.15) is 5.56 Å². The molecule has 0 fully saturated rings. The van der Waals surface area contributed by atoms with Crippen molar-refractivity contribution in [2.45, 2.75) is 16.3 Å². The van der Waals surface area contributed by atoms with Crippen LogP contribution in [-0.2, 0) is 6.54 Å². The Bertz CT molecular complexity index is 913. The van der Waals surface area contributed by atoms with E-state index in [-0.39, 0.29) is 6.03 Å². The Morgan fingerprint density at radius 2 is 1.50 bits per heavy atom. The van der Waals surface area contributed by atoms with Crippen LogP contribution < -0.4 is 15.0 Å². The van der Waals surface area contributed by atoms with E-state index in [9.17, 15) is 4.79 Å². The van der Waals surface area contributed by atoms with Crippen LogP contribution >= 0.6 is 11.8 Å². The van der Waals surface area contributed by atoms with Crippen LogP contribution in [0, 0.1) is 0 Å². The van der Waals surface area contributed by atoms with Crippen LogP contribution in [0.3, 0.4) is 0 Å². The average molecular weight is 362 g/mol. The first kappa shape index (κ1) is 16.5. The van der Waals surface area contributed by atoms with Gasteiger partial charge in [0.25, 0.3) is 0 Å². The summed E-state index contributed by atoms with van der Waals surface area (Å²) in [5.41, 5.74) is 2.73. The minimum Gasteiger partial charge on any atom is -0.496 e. The van der Waals surface area contributed by atoms with Gasteiger partial charge in [-0.2, -0.15) is 0 Å². The molecule has 5 heteroatoms. The van der Waals surface area contributed by atoms with Crippen molar-refractivity contribution >= 4 is 29.2 Å².